The molecule has 3 atom stereocenters. The predicted octanol–water partition coefficient (Wildman–Crippen LogP) is -2.14. The zero-order chi connectivity index (χ0) is 14.8. The highest BCUT2D eigenvalue weighted by atomic mass is 35.5. The van der Waals surface area contributed by atoms with E-state index < -0.39 is 30.8 Å². The standard InChI is InChI=1S/C6H6N2O.C5H10O5.ClH/c7-6(9)5-2-1-3-8-4-5;6-1-3(8)5(10)4(9)2-7;/h1-4H,(H2,7,9);1,3-5,7-10H,2H2;1H. The second kappa shape index (κ2) is 11.3. The van der Waals surface area contributed by atoms with Gasteiger partial charge in [0, 0.05) is 12.4 Å². The first kappa shape index (κ1) is 20.7. The number of halogens is 1. The second-order valence-electron chi connectivity index (χ2n) is 3.47. The van der Waals surface area contributed by atoms with E-state index in [1.165, 1.54) is 6.20 Å². The van der Waals surface area contributed by atoms with Gasteiger partial charge < -0.3 is 31.0 Å². The molecule has 6 N–H and O–H groups in total. The minimum atomic E-state index is -1.64. The number of pyridine rings is 1. The molecule has 0 aliphatic heterocycles. The Bertz CT molecular complexity index is 392. The molecule has 0 saturated carbocycles. The predicted molar refractivity (Wildman–Crippen MR) is 71.2 cm³/mol. The number of hydrogen-bond acceptors (Lipinski definition) is 7. The molecular formula is C11H17ClN2O6. The molecule has 1 rings (SSSR count). The molecule has 8 nitrogen and oxygen atoms in total. The second-order valence-corrected chi connectivity index (χ2v) is 3.47. The lowest BCUT2D eigenvalue weighted by molar-refractivity contribution is -0.127. The third-order valence-electron chi connectivity index (χ3n) is 2.02. The zero-order valence-electron chi connectivity index (χ0n) is 10.4. The number of carbonyl (C=O) groups excluding carboxylic acids is 2. The van der Waals surface area contributed by atoms with Gasteiger partial charge in [-0.2, -0.15) is 0 Å². The average Bonchev–Trinajstić information content (AvgIpc) is 2.46. The van der Waals surface area contributed by atoms with Crippen LogP contribution in [0.4, 0.5) is 0 Å². The zero-order valence-corrected chi connectivity index (χ0v) is 11.2. The number of nitrogens with zero attached hydrogens (tertiary/aromatic N) is 1. The molecule has 0 aromatic carbocycles. The molecule has 9 heteroatoms. The molecule has 1 aromatic rings. The molecule has 0 aliphatic carbocycles. The van der Waals surface area contributed by atoms with Gasteiger partial charge in [0.2, 0.25) is 5.91 Å². The number of hydrogen-bond donors (Lipinski definition) is 5. The van der Waals surface area contributed by atoms with Crippen molar-refractivity contribution in [3.63, 3.8) is 0 Å². The van der Waals surface area contributed by atoms with Crippen LogP contribution in [0.25, 0.3) is 0 Å². The maximum absolute atomic E-state index is 10.4. The first-order valence-electron chi connectivity index (χ1n) is 5.24. The Hall–Kier alpha value is -1.58. The first-order valence-corrected chi connectivity index (χ1v) is 5.24. The van der Waals surface area contributed by atoms with Crippen molar-refractivity contribution in [2.24, 2.45) is 5.73 Å². The van der Waals surface area contributed by atoms with E-state index in [0.717, 1.165) is 0 Å². The fourth-order valence-corrected chi connectivity index (χ4v) is 0.925. The van der Waals surface area contributed by atoms with E-state index in [1.807, 2.05) is 0 Å². The summed E-state index contributed by atoms with van der Waals surface area (Å²) in [6, 6.07) is 3.29. The Morgan fingerprint density at radius 1 is 1.40 bits per heavy atom. The number of carbonyl (C=O) groups is 2. The van der Waals surface area contributed by atoms with Crippen LogP contribution >= 0.6 is 12.4 Å². The van der Waals surface area contributed by atoms with E-state index in [-0.39, 0.29) is 18.7 Å². The van der Waals surface area contributed by atoms with Crippen LogP contribution in [0.3, 0.4) is 0 Å². The van der Waals surface area contributed by atoms with E-state index in [0.29, 0.717) is 5.56 Å². The molecule has 0 radical (unpaired) electrons. The topological polar surface area (TPSA) is 154 Å². The Labute approximate surface area is 121 Å². The van der Waals surface area contributed by atoms with Gasteiger partial charge in [0.25, 0.3) is 0 Å². The van der Waals surface area contributed by atoms with Crippen LogP contribution < -0.4 is 5.73 Å². The first-order chi connectivity index (χ1) is 8.93. The summed E-state index contributed by atoms with van der Waals surface area (Å²) in [4.78, 5) is 23.9. The molecule has 1 heterocycles. The van der Waals surface area contributed by atoms with Crippen molar-refractivity contribution < 1.29 is 30.0 Å². The number of rotatable bonds is 5. The highest BCUT2D eigenvalue weighted by Crippen LogP contribution is 1.96. The SMILES string of the molecule is Cl.NC(=O)c1cccnc1.O=CC(O)C(O)C(O)CO. The smallest absolute Gasteiger partial charge is 0.250 e. The molecular weight excluding hydrogens is 292 g/mol. The average molecular weight is 309 g/mol. The van der Waals surface area contributed by atoms with Crippen molar-refractivity contribution in [2.45, 2.75) is 18.3 Å². The van der Waals surface area contributed by atoms with E-state index >= 15 is 0 Å². The van der Waals surface area contributed by atoms with Crippen molar-refractivity contribution >= 4 is 24.6 Å². The summed E-state index contributed by atoms with van der Waals surface area (Å²) in [6.07, 6.45) is -1.61. The highest BCUT2D eigenvalue weighted by molar-refractivity contribution is 5.92. The normalized spacial score (nSPS) is 13.8. The fraction of sp³-hybridized carbons (Fsp3) is 0.364. The number of aliphatic hydroxyl groups is 4. The summed E-state index contributed by atoms with van der Waals surface area (Å²) >= 11 is 0. The van der Waals surface area contributed by atoms with Crippen LogP contribution in [0.15, 0.2) is 24.5 Å². The van der Waals surface area contributed by atoms with E-state index in [2.05, 4.69) is 4.98 Å². The van der Waals surface area contributed by atoms with Crippen molar-refractivity contribution in [3.05, 3.63) is 30.1 Å². The molecule has 0 spiro atoms. The Morgan fingerprint density at radius 2 is 2.00 bits per heavy atom. The molecule has 114 valence electrons. The monoisotopic (exact) mass is 308 g/mol. The van der Waals surface area contributed by atoms with Gasteiger partial charge >= 0.3 is 0 Å². The molecule has 0 bridgehead atoms. The van der Waals surface area contributed by atoms with Gasteiger partial charge in [0.15, 0.2) is 6.29 Å². The Morgan fingerprint density at radius 3 is 2.30 bits per heavy atom. The van der Waals surface area contributed by atoms with Crippen molar-refractivity contribution in [3.8, 4) is 0 Å². The molecule has 20 heavy (non-hydrogen) atoms. The van der Waals surface area contributed by atoms with Crippen LogP contribution in [-0.2, 0) is 4.79 Å². The van der Waals surface area contributed by atoms with Crippen molar-refractivity contribution in [1.29, 1.82) is 0 Å². The van der Waals surface area contributed by atoms with Gasteiger partial charge in [-0.3, -0.25) is 9.78 Å². The Kier molecular flexibility index (Phi) is 11.7. The lowest BCUT2D eigenvalue weighted by Gasteiger charge is -2.16. The largest absolute Gasteiger partial charge is 0.394 e. The summed E-state index contributed by atoms with van der Waals surface area (Å²) in [7, 11) is 0. The molecule has 0 saturated heterocycles. The third kappa shape index (κ3) is 7.77. The van der Waals surface area contributed by atoms with E-state index in [9.17, 15) is 9.59 Å². The van der Waals surface area contributed by atoms with Crippen LogP contribution in [0, 0.1) is 0 Å². The highest BCUT2D eigenvalue weighted by Gasteiger charge is 2.22. The Balaban J connectivity index is 0. The maximum Gasteiger partial charge on any atom is 0.250 e. The number of nitrogens with two attached hydrogens (primary N) is 1. The van der Waals surface area contributed by atoms with Crippen LogP contribution in [-0.4, -0.2) is 62.5 Å². The lowest BCUT2D eigenvalue weighted by Crippen LogP contribution is -2.40. The van der Waals surface area contributed by atoms with Crippen molar-refractivity contribution in [2.75, 3.05) is 6.61 Å². The third-order valence-corrected chi connectivity index (χ3v) is 2.02. The van der Waals surface area contributed by atoms with Gasteiger partial charge in [-0.1, -0.05) is 0 Å². The van der Waals surface area contributed by atoms with Crippen molar-refractivity contribution in [1.82, 2.24) is 4.98 Å². The van der Waals surface area contributed by atoms with Gasteiger partial charge in [0.1, 0.15) is 18.3 Å². The van der Waals surface area contributed by atoms with Gasteiger partial charge in [0.05, 0.1) is 12.2 Å². The van der Waals surface area contributed by atoms with Crippen LogP contribution in [0.5, 0.6) is 0 Å². The van der Waals surface area contributed by atoms with E-state index in [1.54, 1.807) is 18.3 Å². The number of amides is 1. The summed E-state index contributed by atoms with van der Waals surface area (Å²) in [5.41, 5.74) is 5.38. The summed E-state index contributed by atoms with van der Waals surface area (Å²) < 4.78 is 0. The van der Waals surface area contributed by atoms with Gasteiger partial charge in [-0.25, -0.2) is 0 Å². The lowest BCUT2D eigenvalue weighted by atomic mass is 10.1. The summed E-state index contributed by atoms with van der Waals surface area (Å²) in [6.45, 7) is -0.688. The molecule has 1 aromatic heterocycles. The minimum absolute atomic E-state index is 0. The molecule has 0 aliphatic rings. The number of aldehydes is 1. The van der Waals surface area contributed by atoms with Gasteiger partial charge in [-0.05, 0) is 12.1 Å². The van der Waals surface area contributed by atoms with Crippen LogP contribution in [0.2, 0.25) is 0 Å². The summed E-state index contributed by atoms with van der Waals surface area (Å²) in [5, 5.41) is 34.1. The maximum atomic E-state index is 10.4. The quantitative estimate of drug-likeness (QED) is 0.389. The van der Waals surface area contributed by atoms with E-state index in [4.69, 9.17) is 26.2 Å². The summed E-state index contributed by atoms with van der Waals surface area (Å²) in [5.74, 6) is -0.442. The molecule has 0 fully saturated rings. The van der Waals surface area contributed by atoms with Crippen LogP contribution in [0.1, 0.15) is 10.4 Å². The number of primary amides is 1. The molecule has 3 unspecified atom stereocenters. The minimum Gasteiger partial charge on any atom is -0.394 e. The van der Waals surface area contributed by atoms with Gasteiger partial charge in [-0.15, -0.1) is 12.4 Å². The number of aromatic nitrogens is 1. The number of aliphatic hydroxyl groups excluding tert-OH is 4. The molecule has 1 amide bonds. The fourth-order valence-electron chi connectivity index (χ4n) is 0.925.